The van der Waals surface area contributed by atoms with Gasteiger partial charge in [-0.3, -0.25) is 9.59 Å². The summed E-state index contributed by atoms with van der Waals surface area (Å²) >= 11 is 0. The smallest absolute Gasteiger partial charge is 0.256 e. The molecule has 0 fully saturated rings. The third-order valence-corrected chi connectivity index (χ3v) is 5.96. The number of rotatable bonds is 4. The van der Waals surface area contributed by atoms with E-state index >= 15 is 0 Å². The number of aromatic amines is 1. The number of ether oxygens (including phenoxy) is 2. The first-order chi connectivity index (χ1) is 16.8. The molecule has 4 aromatic rings. The fourth-order valence-corrected chi connectivity index (χ4v) is 4.22. The van der Waals surface area contributed by atoms with E-state index in [4.69, 9.17) is 9.47 Å². The zero-order valence-corrected chi connectivity index (χ0v) is 18.5. The number of aromatic nitrogens is 1. The van der Waals surface area contributed by atoms with Gasteiger partial charge >= 0.3 is 0 Å². The average Bonchev–Trinajstić information content (AvgIpc) is 2.84. The normalized spacial score (nSPS) is 15.0. The second kappa shape index (κ2) is 8.92. The maximum Gasteiger partial charge on any atom is 0.256 e. The van der Waals surface area contributed by atoms with Crippen molar-refractivity contribution in [1.29, 1.82) is 0 Å². The van der Waals surface area contributed by atoms with E-state index in [1.807, 2.05) is 0 Å². The highest BCUT2D eigenvalue weighted by Crippen LogP contribution is 2.34. The predicted molar refractivity (Wildman–Crippen MR) is 122 cm³/mol. The van der Waals surface area contributed by atoms with E-state index in [0.717, 1.165) is 12.1 Å². The van der Waals surface area contributed by atoms with Gasteiger partial charge < -0.3 is 19.4 Å². The molecular formula is C26H19F3N2O4. The van der Waals surface area contributed by atoms with Crippen molar-refractivity contribution in [2.45, 2.75) is 12.6 Å². The molecule has 1 amide bonds. The summed E-state index contributed by atoms with van der Waals surface area (Å²) in [5.74, 6) is -2.26. The summed E-state index contributed by atoms with van der Waals surface area (Å²) in [7, 11) is 1.57. The minimum absolute atomic E-state index is 0.00532. The quantitative estimate of drug-likeness (QED) is 0.442. The number of likely N-dealkylation sites (N-methyl/N-ethyl adjacent to an activating group) is 1. The second-order valence-corrected chi connectivity index (χ2v) is 8.19. The van der Waals surface area contributed by atoms with Gasteiger partial charge in [0, 0.05) is 29.9 Å². The molecule has 0 saturated heterocycles. The molecule has 0 radical (unpaired) electrons. The zero-order valence-electron chi connectivity index (χ0n) is 18.5. The Labute approximate surface area is 197 Å². The van der Waals surface area contributed by atoms with Gasteiger partial charge in [0.25, 0.3) is 11.5 Å². The standard InChI is InChI=1S/C26H19F3N2O4/c1-31(26(33)14-5-7-16(8-6-14)35-17-4-2-3-15(27)9-17)23-13-34-12-22-24(23)18-10-20(28)21(29)11-19(18)25(32)30-22/h2-11,23H,12-13H2,1H3,(H,30,32). The molecule has 0 aliphatic carbocycles. The fraction of sp³-hybridized carbons (Fsp3) is 0.154. The van der Waals surface area contributed by atoms with Crippen molar-refractivity contribution >= 4 is 16.7 Å². The molecular weight excluding hydrogens is 461 g/mol. The molecule has 1 atom stereocenters. The zero-order chi connectivity index (χ0) is 24.7. The largest absolute Gasteiger partial charge is 0.457 e. The first-order valence-electron chi connectivity index (χ1n) is 10.7. The maximum atomic E-state index is 14.1. The predicted octanol–water partition coefficient (Wildman–Crippen LogP) is 5.08. The number of nitrogens with zero attached hydrogens (tertiary/aromatic N) is 1. The third kappa shape index (κ3) is 4.26. The highest BCUT2D eigenvalue weighted by Gasteiger charge is 2.31. The van der Waals surface area contributed by atoms with Gasteiger partial charge in [-0.1, -0.05) is 6.07 Å². The lowest BCUT2D eigenvalue weighted by Crippen LogP contribution is -2.37. The summed E-state index contributed by atoms with van der Waals surface area (Å²) in [6.07, 6.45) is 0. The van der Waals surface area contributed by atoms with Crippen LogP contribution in [-0.4, -0.2) is 29.4 Å². The monoisotopic (exact) mass is 480 g/mol. The molecule has 1 aliphatic heterocycles. The minimum Gasteiger partial charge on any atom is -0.457 e. The van der Waals surface area contributed by atoms with Crippen LogP contribution in [0.15, 0.2) is 65.5 Å². The van der Waals surface area contributed by atoms with E-state index in [1.54, 1.807) is 37.4 Å². The van der Waals surface area contributed by atoms with Crippen molar-refractivity contribution in [3.63, 3.8) is 0 Å². The number of amides is 1. The topological polar surface area (TPSA) is 71.6 Å². The molecule has 0 spiro atoms. The fourth-order valence-electron chi connectivity index (χ4n) is 4.22. The van der Waals surface area contributed by atoms with Gasteiger partial charge in [-0.25, -0.2) is 13.2 Å². The molecule has 9 heteroatoms. The molecule has 1 aromatic heterocycles. The molecule has 1 N–H and O–H groups in total. The number of carbonyl (C=O) groups is 1. The Morgan fingerprint density at radius 3 is 2.43 bits per heavy atom. The van der Waals surface area contributed by atoms with Crippen molar-refractivity contribution in [1.82, 2.24) is 9.88 Å². The van der Waals surface area contributed by atoms with E-state index in [-0.39, 0.29) is 29.9 Å². The SMILES string of the molecule is CN(C(=O)c1ccc(Oc2cccc(F)c2)cc1)C1COCc2[nH]c(=O)c3cc(F)c(F)cc3c21. The number of halogens is 3. The van der Waals surface area contributed by atoms with Gasteiger partial charge in [-0.2, -0.15) is 0 Å². The Balaban J connectivity index is 1.45. The minimum atomic E-state index is -1.13. The highest BCUT2D eigenvalue weighted by atomic mass is 19.2. The van der Waals surface area contributed by atoms with Crippen LogP contribution in [0.2, 0.25) is 0 Å². The summed E-state index contributed by atoms with van der Waals surface area (Å²) in [4.78, 5) is 29.8. The van der Waals surface area contributed by atoms with Crippen LogP contribution in [0.3, 0.4) is 0 Å². The van der Waals surface area contributed by atoms with E-state index in [0.29, 0.717) is 28.3 Å². The number of hydrogen-bond acceptors (Lipinski definition) is 4. The van der Waals surface area contributed by atoms with Crippen LogP contribution < -0.4 is 10.3 Å². The number of nitrogens with one attached hydrogen (secondary N) is 1. The van der Waals surface area contributed by atoms with Crippen LogP contribution in [0.1, 0.15) is 27.7 Å². The molecule has 1 unspecified atom stereocenters. The molecule has 35 heavy (non-hydrogen) atoms. The van der Waals surface area contributed by atoms with Gasteiger partial charge in [0.05, 0.1) is 24.6 Å². The first-order valence-corrected chi connectivity index (χ1v) is 10.7. The number of pyridine rings is 1. The Hall–Kier alpha value is -4.11. The molecule has 5 rings (SSSR count). The highest BCUT2D eigenvalue weighted by molar-refractivity contribution is 5.95. The van der Waals surface area contributed by atoms with Crippen LogP contribution in [-0.2, 0) is 11.3 Å². The number of benzene rings is 3. The number of carbonyl (C=O) groups excluding carboxylic acids is 1. The van der Waals surface area contributed by atoms with Gasteiger partial charge in [-0.05, 0) is 53.9 Å². The van der Waals surface area contributed by atoms with Crippen LogP contribution in [0.5, 0.6) is 11.5 Å². The molecule has 0 saturated carbocycles. The lowest BCUT2D eigenvalue weighted by molar-refractivity contribution is 0.0335. The molecule has 2 heterocycles. The van der Waals surface area contributed by atoms with Gasteiger partial charge in [-0.15, -0.1) is 0 Å². The first kappa shape index (κ1) is 22.7. The van der Waals surface area contributed by atoms with E-state index < -0.39 is 29.1 Å². The lowest BCUT2D eigenvalue weighted by Gasteiger charge is -2.34. The Morgan fingerprint density at radius 1 is 1.00 bits per heavy atom. The van der Waals surface area contributed by atoms with E-state index in [1.165, 1.54) is 23.1 Å². The number of fused-ring (bicyclic) bond motifs is 3. The summed E-state index contributed by atoms with van der Waals surface area (Å²) in [5.41, 5.74) is 0.692. The van der Waals surface area contributed by atoms with Crippen LogP contribution in [0.25, 0.3) is 10.8 Å². The van der Waals surface area contributed by atoms with E-state index in [2.05, 4.69) is 4.98 Å². The van der Waals surface area contributed by atoms with Gasteiger partial charge in [0.15, 0.2) is 11.6 Å². The molecule has 3 aromatic carbocycles. The lowest BCUT2D eigenvalue weighted by atomic mass is 9.95. The van der Waals surface area contributed by atoms with Crippen molar-refractivity contribution in [3.05, 3.63) is 105 Å². The Morgan fingerprint density at radius 2 is 1.71 bits per heavy atom. The van der Waals surface area contributed by atoms with E-state index in [9.17, 15) is 22.8 Å². The average molecular weight is 480 g/mol. The molecule has 1 aliphatic rings. The summed E-state index contributed by atoms with van der Waals surface area (Å²) in [6, 6.07) is 13.2. The Bertz CT molecular complexity index is 1500. The van der Waals surface area contributed by atoms with Crippen molar-refractivity contribution in [2.75, 3.05) is 13.7 Å². The van der Waals surface area contributed by atoms with Crippen LogP contribution in [0, 0.1) is 17.5 Å². The summed E-state index contributed by atoms with van der Waals surface area (Å²) in [6.45, 7) is 0.181. The van der Waals surface area contributed by atoms with Crippen molar-refractivity contribution in [3.8, 4) is 11.5 Å². The number of H-pyrrole nitrogens is 1. The maximum absolute atomic E-state index is 14.1. The van der Waals surface area contributed by atoms with Gasteiger partial charge in [0.1, 0.15) is 17.3 Å². The Kier molecular flexibility index (Phi) is 5.78. The second-order valence-electron chi connectivity index (χ2n) is 8.19. The van der Waals surface area contributed by atoms with Crippen molar-refractivity contribution in [2.24, 2.45) is 0 Å². The summed E-state index contributed by atoms with van der Waals surface area (Å²) in [5, 5.41) is 0.226. The molecule has 0 bridgehead atoms. The summed E-state index contributed by atoms with van der Waals surface area (Å²) < 4.78 is 52.5. The third-order valence-electron chi connectivity index (χ3n) is 5.96. The van der Waals surface area contributed by atoms with Crippen molar-refractivity contribution < 1.29 is 27.4 Å². The van der Waals surface area contributed by atoms with Crippen LogP contribution >= 0.6 is 0 Å². The van der Waals surface area contributed by atoms with Crippen LogP contribution in [0.4, 0.5) is 13.2 Å². The molecule has 6 nitrogen and oxygen atoms in total. The number of hydrogen-bond donors (Lipinski definition) is 1. The van der Waals surface area contributed by atoms with Gasteiger partial charge in [0.2, 0.25) is 0 Å². The molecule has 178 valence electrons.